The fraction of sp³-hybridized carbons (Fsp3) is 0.476. The van der Waals surface area contributed by atoms with Crippen LogP contribution >= 0.6 is 0 Å². The molecule has 0 aliphatic carbocycles. The van der Waals surface area contributed by atoms with E-state index in [1.165, 1.54) is 16.8 Å². The molecule has 0 aliphatic rings. The van der Waals surface area contributed by atoms with E-state index in [9.17, 15) is 18.8 Å². The molecule has 4 N–H and O–H groups in total. The van der Waals surface area contributed by atoms with Crippen molar-refractivity contribution in [3.8, 4) is 6.07 Å². The van der Waals surface area contributed by atoms with Gasteiger partial charge in [-0.25, -0.2) is 4.39 Å². The van der Waals surface area contributed by atoms with Gasteiger partial charge in [-0.15, -0.1) is 0 Å². The summed E-state index contributed by atoms with van der Waals surface area (Å²) >= 11 is 0. The van der Waals surface area contributed by atoms with E-state index in [0.29, 0.717) is 31.2 Å². The van der Waals surface area contributed by atoms with Crippen LogP contribution in [0.3, 0.4) is 0 Å². The third-order valence-corrected chi connectivity index (χ3v) is 4.68. The molecule has 1 aromatic heterocycles. The molecule has 1 heterocycles. The number of benzene rings is 1. The predicted octanol–water partition coefficient (Wildman–Crippen LogP) is 1.62. The molecular formula is C21H27FN6O3. The zero-order valence-corrected chi connectivity index (χ0v) is 17.9. The van der Waals surface area contributed by atoms with Gasteiger partial charge in [-0.1, -0.05) is 32.9 Å². The van der Waals surface area contributed by atoms with Crippen LogP contribution in [-0.2, 0) is 16.1 Å². The molecule has 1 atom stereocenters. The number of amides is 3. The van der Waals surface area contributed by atoms with Gasteiger partial charge in [0.05, 0.1) is 12.6 Å². The molecule has 2 aromatic rings. The number of para-hydroxylation sites is 1. The maximum Gasteiger partial charge on any atom is 0.273 e. The Kier molecular flexibility index (Phi) is 7.69. The Hall–Kier alpha value is -3.48. The monoisotopic (exact) mass is 430 g/mol. The summed E-state index contributed by atoms with van der Waals surface area (Å²) in [4.78, 5) is 36.6. The number of unbranched alkanes of at least 4 members (excludes halogenated alkanes) is 2. The van der Waals surface area contributed by atoms with Crippen LogP contribution in [0, 0.1) is 22.6 Å². The maximum absolute atomic E-state index is 14.5. The Morgan fingerprint density at radius 3 is 2.61 bits per heavy atom. The van der Waals surface area contributed by atoms with Crippen molar-refractivity contribution in [2.75, 3.05) is 6.54 Å². The van der Waals surface area contributed by atoms with E-state index in [4.69, 9.17) is 11.0 Å². The van der Waals surface area contributed by atoms with Crippen LogP contribution in [0.2, 0.25) is 0 Å². The first-order valence-corrected chi connectivity index (χ1v) is 9.95. The van der Waals surface area contributed by atoms with E-state index >= 15 is 0 Å². The predicted molar refractivity (Wildman–Crippen MR) is 112 cm³/mol. The lowest BCUT2D eigenvalue weighted by Crippen LogP contribution is -2.54. The zero-order valence-electron chi connectivity index (χ0n) is 17.9. The number of nitrogens with zero attached hydrogens (tertiary/aromatic N) is 3. The third kappa shape index (κ3) is 6.01. The van der Waals surface area contributed by atoms with Gasteiger partial charge in [0.15, 0.2) is 5.69 Å². The molecule has 31 heavy (non-hydrogen) atoms. The quantitative estimate of drug-likeness (QED) is 0.518. The minimum absolute atomic E-state index is 0.00765. The molecule has 0 radical (unpaired) electrons. The van der Waals surface area contributed by atoms with Gasteiger partial charge in [-0.05, 0) is 24.3 Å². The fourth-order valence-corrected chi connectivity index (χ4v) is 3.14. The van der Waals surface area contributed by atoms with Crippen molar-refractivity contribution in [1.82, 2.24) is 20.4 Å². The Bertz CT molecular complexity index is 1020. The maximum atomic E-state index is 14.5. The van der Waals surface area contributed by atoms with E-state index in [0.717, 1.165) is 0 Å². The molecule has 10 heteroatoms. The molecule has 0 saturated heterocycles. The van der Waals surface area contributed by atoms with Crippen molar-refractivity contribution in [3.05, 3.63) is 29.7 Å². The Labute approximate surface area is 179 Å². The smallest absolute Gasteiger partial charge is 0.273 e. The number of nitriles is 1. The topological polar surface area (TPSA) is 143 Å². The average Bonchev–Trinajstić information content (AvgIpc) is 3.06. The summed E-state index contributed by atoms with van der Waals surface area (Å²) in [6.07, 6.45) is 1.60. The first-order valence-electron chi connectivity index (χ1n) is 9.95. The van der Waals surface area contributed by atoms with Crippen molar-refractivity contribution in [2.24, 2.45) is 11.1 Å². The number of fused-ring (bicyclic) bond motifs is 1. The lowest BCUT2D eigenvalue weighted by Gasteiger charge is -2.30. The van der Waals surface area contributed by atoms with Crippen LogP contribution < -0.4 is 16.4 Å². The van der Waals surface area contributed by atoms with Gasteiger partial charge in [0.25, 0.3) is 5.91 Å². The van der Waals surface area contributed by atoms with Crippen molar-refractivity contribution in [2.45, 2.75) is 52.6 Å². The normalized spacial score (nSPS) is 12.2. The van der Waals surface area contributed by atoms with Gasteiger partial charge < -0.3 is 16.4 Å². The molecule has 0 spiro atoms. The first kappa shape index (κ1) is 23.8. The van der Waals surface area contributed by atoms with Gasteiger partial charge in [0.2, 0.25) is 11.8 Å². The molecule has 0 saturated carbocycles. The number of halogens is 1. The van der Waals surface area contributed by atoms with E-state index in [-0.39, 0.29) is 17.8 Å². The highest BCUT2D eigenvalue weighted by molar-refractivity contribution is 6.06. The second kappa shape index (κ2) is 10.0. The minimum atomic E-state index is -0.983. The van der Waals surface area contributed by atoms with Crippen molar-refractivity contribution < 1.29 is 18.8 Å². The second-order valence-corrected chi connectivity index (χ2v) is 8.28. The highest BCUT2D eigenvalue weighted by Gasteiger charge is 2.34. The van der Waals surface area contributed by atoms with Gasteiger partial charge >= 0.3 is 0 Å². The van der Waals surface area contributed by atoms with Gasteiger partial charge in [0.1, 0.15) is 17.4 Å². The third-order valence-electron chi connectivity index (χ3n) is 4.68. The van der Waals surface area contributed by atoms with E-state index in [2.05, 4.69) is 21.8 Å². The molecule has 0 bridgehead atoms. The molecule has 9 nitrogen and oxygen atoms in total. The summed E-state index contributed by atoms with van der Waals surface area (Å²) < 4.78 is 15.9. The number of nitrogens with one attached hydrogen (secondary N) is 2. The number of carbonyl (C=O) groups excluding carboxylic acids is 3. The van der Waals surface area contributed by atoms with Crippen LogP contribution in [0.1, 0.15) is 50.5 Å². The SMILES string of the molecule is CC(C)(C)C(NC(=O)c1nn(CCCCC#N)c2c(F)cccc12)C(=O)NCC(N)=O. The summed E-state index contributed by atoms with van der Waals surface area (Å²) in [5, 5.41) is 18.3. The van der Waals surface area contributed by atoms with Crippen LogP contribution in [0.25, 0.3) is 10.9 Å². The molecule has 2 rings (SSSR count). The molecule has 0 aliphatic heterocycles. The van der Waals surface area contributed by atoms with Crippen molar-refractivity contribution in [3.63, 3.8) is 0 Å². The summed E-state index contributed by atoms with van der Waals surface area (Å²) in [7, 11) is 0. The Morgan fingerprint density at radius 1 is 1.29 bits per heavy atom. The molecule has 1 aromatic carbocycles. The number of aryl methyl sites for hydroxylation is 1. The average molecular weight is 430 g/mol. The summed E-state index contributed by atoms with van der Waals surface area (Å²) in [5.74, 6) is -2.42. The zero-order chi connectivity index (χ0) is 23.2. The number of nitrogens with two attached hydrogens (primary N) is 1. The first-order chi connectivity index (χ1) is 14.6. The van der Waals surface area contributed by atoms with Gasteiger partial charge in [-0.2, -0.15) is 10.4 Å². The molecule has 0 fully saturated rings. The standard InChI is InChI=1S/C21H27FN6O3/c1-21(2,3)18(20(31)25-12-15(24)29)26-19(30)16-13-8-7-9-14(22)17(13)28(27-16)11-6-4-5-10-23/h7-9,18H,4-6,11-12H2,1-3H3,(H2,24,29)(H,25,31)(H,26,30). The summed E-state index contributed by atoms with van der Waals surface area (Å²) in [5.41, 5.74) is 4.57. The van der Waals surface area contributed by atoms with Crippen molar-refractivity contribution >= 4 is 28.6 Å². The lowest BCUT2D eigenvalue weighted by molar-refractivity contribution is -0.128. The van der Waals surface area contributed by atoms with E-state index < -0.39 is 35.0 Å². The highest BCUT2D eigenvalue weighted by Crippen LogP contribution is 2.24. The van der Waals surface area contributed by atoms with Crippen LogP contribution in [0.5, 0.6) is 0 Å². The number of rotatable bonds is 9. The van der Waals surface area contributed by atoms with Crippen molar-refractivity contribution in [1.29, 1.82) is 5.26 Å². The molecular weight excluding hydrogens is 403 g/mol. The highest BCUT2D eigenvalue weighted by atomic mass is 19.1. The Morgan fingerprint density at radius 2 is 2.00 bits per heavy atom. The van der Waals surface area contributed by atoms with E-state index in [1.54, 1.807) is 26.8 Å². The minimum Gasteiger partial charge on any atom is -0.368 e. The molecule has 3 amide bonds. The second-order valence-electron chi connectivity index (χ2n) is 8.28. The van der Waals surface area contributed by atoms with Gasteiger partial charge in [0, 0.05) is 18.4 Å². The molecule has 166 valence electrons. The number of aromatic nitrogens is 2. The number of primary amides is 1. The van der Waals surface area contributed by atoms with Crippen LogP contribution in [0.15, 0.2) is 18.2 Å². The summed E-state index contributed by atoms with van der Waals surface area (Å²) in [6.45, 7) is 5.26. The molecule has 1 unspecified atom stereocenters. The lowest BCUT2D eigenvalue weighted by atomic mass is 9.86. The number of hydrogen-bond acceptors (Lipinski definition) is 5. The fourth-order valence-electron chi connectivity index (χ4n) is 3.14. The number of carbonyl (C=O) groups is 3. The largest absolute Gasteiger partial charge is 0.368 e. The summed E-state index contributed by atoms with van der Waals surface area (Å²) in [6, 6.07) is 5.43. The van der Waals surface area contributed by atoms with E-state index in [1.807, 2.05) is 0 Å². The van der Waals surface area contributed by atoms with Crippen LogP contribution in [0.4, 0.5) is 4.39 Å². The van der Waals surface area contributed by atoms with Crippen LogP contribution in [-0.4, -0.2) is 40.1 Å². The van der Waals surface area contributed by atoms with Gasteiger partial charge in [-0.3, -0.25) is 19.1 Å². The Balaban J connectivity index is 2.33. The number of hydrogen-bond donors (Lipinski definition) is 3.